The van der Waals surface area contributed by atoms with Crippen LogP contribution in [0.3, 0.4) is 0 Å². The second-order valence-corrected chi connectivity index (χ2v) is 10.5. The molecule has 1 N–H and O–H groups in total. The molecular formula is C23H30N4O2S. The molecule has 1 aromatic carbocycles. The zero-order chi connectivity index (χ0) is 20.7. The van der Waals surface area contributed by atoms with Crippen LogP contribution in [-0.4, -0.2) is 32.0 Å². The minimum atomic E-state index is -0.222. The van der Waals surface area contributed by atoms with E-state index in [1.807, 2.05) is 48.9 Å². The van der Waals surface area contributed by atoms with Crippen LogP contribution in [0.5, 0.6) is 5.75 Å². The summed E-state index contributed by atoms with van der Waals surface area (Å²) in [7, 11) is 1.93. The maximum Gasteiger partial charge on any atom is 0.230 e. The van der Waals surface area contributed by atoms with E-state index in [1.165, 1.54) is 50.3 Å². The summed E-state index contributed by atoms with van der Waals surface area (Å²) in [6, 6.07) is 9.71. The third-order valence-corrected chi connectivity index (χ3v) is 8.08. The Bertz CT molecular complexity index is 878. The fraction of sp³-hybridized carbons (Fsp3) is 0.609. The first-order chi connectivity index (χ1) is 14.5. The molecule has 0 radical (unpaired) electrons. The van der Waals surface area contributed by atoms with Crippen LogP contribution in [-0.2, 0) is 11.8 Å². The maximum absolute atomic E-state index is 12.8. The molecule has 1 atom stereocenters. The van der Waals surface area contributed by atoms with Crippen LogP contribution < -0.4 is 10.1 Å². The number of amides is 1. The number of benzene rings is 1. The van der Waals surface area contributed by atoms with Crippen LogP contribution in [0.1, 0.15) is 57.4 Å². The van der Waals surface area contributed by atoms with Crippen molar-refractivity contribution in [3.63, 3.8) is 0 Å². The van der Waals surface area contributed by atoms with Crippen LogP contribution in [0.25, 0.3) is 0 Å². The Balaban J connectivity index is 1.17. The topological polar surface area (TPSA) is 69.0 Å². The predicted molar refractivity (Wildman–Crippen MR) is 116 cm³/mol. The van der Waals surface area contributed by atoms with Gasteiger partial charge in [-0.05, 0) is 75.3 Å². The quantitative estimate of drug-likeness (QED) is 0.674. The van der Waals surface area contributed by atoms with Gasteiger partial charge in [0.15, 0.2) is 17.1 Å². The van der Waals surface area contributed by atoms with Gasteiger partial charge in [0.1, 0.15) is 5.75 Å². The monoisotopic (exact) mass is 426 g/mol. The SMILES string of the molecule is CC(Oc1ccccc1)c1nnc(SCC(=O)NC23CC4CC(CC(C4)C2)C3)n1C. The van der Waals surface area contributed by atoms with E-state index in [1.54, 1.807) is 0 Å². The lowest BCUT2D eigenvalue weighted by atomic mass is 9.53. The van der Waals surface area contributed by atoms with Crippen molar-refractivity contribution in [1.29, 1.82) is 0 Å². The molecule has 1 amide bonds. The molecule has 4 fully saturated rings. The molecule has 0 spiro atoms. The lowest BCUT2D eigenvalue weighted by Crippen LogP contribution is -2.60. The normalized spacial score (nSPS) is 30.3. The van der Waals surface area contributed by atoms with Crippen molar-refractivity contribution < 1.29 is 9.53 Å². The predicted octanol–water partition coefficient (Wildman–Crippen LogP) is 4.13. The Morgan fingerprint density at radius 2 is 1.80 bits per heavy atom. The maximum atomic E-state index is 12.8. The summed E-state index contributed by atoms with van der Waals surface area (Å²) >= 11 is 1.45. The number of ether oxygens (including phenoxy) is 1. The molecule has 1 aromatic heterocycles. The average Bonchev–Trinajstić information content (AvgIpc) is 3.06. The number of para-hydroxylation sites is 1. The van der Waals surface area contributed by atoms with Gasteiger partial charge in [-0.2, -0.15) is 0 Å². The summed E-state index contributed by atoms with van der Waals surface area (Å²) in [6.07, 6.45) is 7.46. The van der Waals surface area contributed by atoms with E-state index >= 15 is 0 Å². The standard InChI is InChI=1S/C23H30N4O2S/c1-15(29-19-6-4-3-5-7-19)21-25-26-22(27(21)2)30-14-20(28)24-23-11-16-8-17(12-23)10-18(9-16)13-23/h3-7,15-18H,8-14H2,1-2H3,(H,24,28). The van der Waals surface area contributed by atoms with E-state index < -0.39 is 0 Å². The molecule has 6 rings (SSSR count). The average molecular weight is 427 g/mol. The van der Waals surface area contributed by atoms with Crippen molar-refractivity contribution in [2.45, 2.75) is 62.2 Å². The van der Waals surface area contributed by atoms with E-state index in [9.17, 15) is 4.79 Å². The van der Waals surface area contributed by atoms with Gasteiger partial charge in [-0.25, -0.2) is 0 Å². The number of carbonyl (C=O) groups is 1. The first-order valence-corrected chi connectivity index (χ1v) is 12.0. The number of carbonyl (C=O) groups excluding carboxylic acids is 1. The summed E-state index contributed by atoms with van der Waals surface area (Å²) in [5.74, 6) is 4.55. The molecule has 4 aliphatic rings. The fourth-order valence-corrected chi connectivity index (χ4v) is 7.01. The van der Waals surface area contributed by atoms with Gasteiger partial charge in [0.05, 0.1) is 5.75 Å². The molecule has 4 saturated carbocycles. The second kappa shape index (κ2) is 7.91. The Labute approximate surface area is 182 Å². The number of thioether (sulfide) groups is 1. The molecule has 0 aliphatic heterocycles. The third kappa shape index (κ3) is 3.96. The molecule has 30 heavy (non-hydrogen) atoms. The summed E-state index contributed by atoms with van der Waals surface area (Å²) in [5.41, 5.74) is 0.0650. The van der Waals surface area contributed by atoms with Crippen molar-refractivity contribution in [3.8, 4) is 5.75 Å². The number of aromatic nitrogens is 3. The van der Waals surface area contributed by atoms with Crippen molar-refractivity contribution in [2.24, 2.45) is 24.8 Å². The van der Waals surface area contributed by atoms with Crippen LogP contribution in [0.15, 0.2) is 35.5 Å². The van der Waals surface area contributed by atoms with E-state index in [2.05, 4.69) is 15.5 Å². The molecule has 4 aliphatic carbocycles. The molecule has 1 unspecified atom stereocenters. The van der Waals surface area contributed by atoms with Crippen molar-refractivity contribution in [3.05, 3.63) is 36.2 Å². The highest BCUT2D eigenvalue weighted by Crippen LogP contribution is 2.55. The number of rotatable bonds is 7. The molecule has 2 aromatic rings. The molecular weight excluding hydrogens is 396 g/mol. The van der Waals surface area contributed by atoms with Crippen LogP contribution >= 0.6 is 11.8 Å². The zero-order valence-electron chi connectivity index (χ0n) is 17.7. The minimum Gasteiger partial charge on any atom is -0.483 e. The highest BCUT2D eigenvalue weighted by molar-refractivity contribution is 7.99. The third-order valence-electron chi connectivity index (χ3n) is 7.06. The molecule has 6 nitrogen and oxygen atoms in total. The Morgan fingerprint density at radius 1 is 1.17 bits per heavy atom. The lowest BCUT2D eigenvalue weighted by molar-refractivity contribution is -0.124. The molecule has 0 saturated heterocycles. The largest absolute Gasteiger partial charge is 0.483 e. The number of nitrogens with one attached hydrogen (secondary N) is 1. The highest BCUT2D eigenvalue weighted by atomic mass is 32.2. The van der Waals surface area contributed by atoms with E-state index in [-0.39, 0.29) is 17.6 Å². The Hall–Kier alpha value is -2.02. The second-order valence-electron chi connectivity index (χ2n) is 9.51. The zero-order valence-corrected chi connectivity index (χ0v) is 18.5. The smallest absolute Gasteiger partial charge is 0.230 e. The van der Waals surface area contributed by atoms with Gasteiger partial charge in [-0.15, -0.1) is 10.2 Å². The van der Waals surface area contributed by atoms with Crippen LogP contribution in [0, 0.1) is 17.8 Å². The number of hydrogen-bond acceptors (Lipinski definition) is 5. The first kappa shape index (κ1) is 19.9. The van der Waals surface area contributed by atoms with E-state index in [4.69, 9.17) is 4.74 Å². The van der Waals surface area contributed by atoms with Crippen LogP contribution in [0.2, 0.25) is 0 Å². The number of hydrogen-bond donors (Lipinski definition) is 1. The van der Waals surface area contributed by atoms with Crippen molar-refractivity contribution in [2.75, 3.05) is 5.75 Å². The van der Waals surface area contributed by atoms with Gasteiger partial charge in [-0.1, -0.05) is 30.0 Å². The molecule has 4 bridgehead atoms. The number of nitrogens with zero attached hydrogens (tertiary/aromatic N) is 3. The van der Waals surface area contributed by atoms with Gasteiger partial charge in [-0.3, -0.25) is 4.79 Å². The van der Waals surface area contributed by atoms with Crippen molar-refractivity contribution >= 4 is 17.7 Å². The van der Waals surface area contributed by atoms with E-state index in [0.717, 1.165) is 34.5 Å². The first-order valence-electron chi connectivity index (χ1n) is 11.0. The van der Waals surface area contributed by atoms with Gasteiger partial charge >= 0.3 is 0 Å². The van der Waals surface area contributed by atoms with Gasteiger partial charge in [0, 0.05) is 12.6 Å². The molecule has 7 heteroatoms. The van der Waals surface area contributed by atoms with Gasteiger partial charge < -0.3 is 14.6 Å². The Morgan fingerprint density at radius 3 is 2.43 bits per heavy atom. The highest BCUT2D eigenvalue weighted by Gasteiger charge is 2.51. The molecule has 1 heterocycles. The van der Waals surface area contributed by atoms with Crippen molar-refractivity contribution in [1.82, 2.24) is 20.1 Å². The molecule has 160 valence electrons. The van der Waals surface area contributed by atoms with Gasteiger partial charge in [0.25, 0.3) is 0 Å². The van der Waals surface area contributed by atoms with Crippen LogP contribution in [0.4, 0.5) is 0 Å². The minimum absolute atomic E-state index is 0.0650. The lowest BCUT2D eigenvalue weighted by Gasteiger charge is -2.56. The Kier molecular flexibility index (Phi) is 5.25. The summed E-state index contributed by atoms with van der Waals surface area (Å²) < 4.78 is 7.89. The van der Waals surface area contributed by atoms with E-state index in [0.29, 0.717) is 5.75 Å². The summed E-state index contributed by atoms with van der Waals surface area (Å²) in [4.78, 5) is 12.8. The summed E-state index contributed by atoms with van der Waals surface area (Å²) in [5, 5.41) is 12.8. The van der Waals surface area contributed by atoms with Gasteiger partial charge in [0.2, 0.25) is 5.91 Å². The fourth-order valence-electron chi connectivity index (χ4n) is 6.29. The summed E-state index contributed by atoms with van der Waals surface area (Å²) in [6.45, 7) is 1.96.